The SMILES string of the molecule is C=CCc1ccc(OCCCC)c(F)c1. The normalized spacial score (nSPS) is 10.0. The lowest BCUT2D eigenvalue weighted by Crippen LogP contribution is -1.99. The van der Waals surface area contributed by atoms with E-state index in [1.165, 1.54) is 6.07 Å². The summed E-state index contributed by atoms with van der Waals surface area (Å²) >= 11 is 0. The van der Waals surface area contributed by atoms with E-state index in [2.05, 4.69) is 13.5 Å². The number of benzene rings is 1. The predicted molar refractivity (Wildman–Crippen MR) is 60.7 cm³/mol. The van der Waals surface area contributed by atoms with Crippen molar-refractivity contribution in [2.24, 2.45) is 0 Å². The van der Waals surface area contributed by atoms with Crippen LogP contribution in [0.15, 0.2) is 30.9 Å². The topological polar surface area (TPSA) is 9.23 Å². The van der Waals surface area contributed by atoms with Crippen LogP contribution in [0.2, 0.25) is 0 Å². The molecule has 1 aromatic rings. The number of ether oxygens (including phenoxy) is 1. The van der Waals surface area contributed by atoms with E-state index in [9.17, 15) is 4.39 Å². The second-order valence-electron chi connectivity index (χ2n) is 3.46. The smallest absolute Gasteiger partial charge is 0.165 e. The number of hydrogen-bond acceptors (Lipinski definition) is 1. The van der Waals surface area contributed by atoms with Crippen LogP contribution in [0.25, 0.3) is 0 Å². The summed E-state index contributed by atoms with van der Waals surface area (Å²) in [6.45, 7) is 6.27. The molecule has 0 aromatic heterocycles. The molecule has 0 bridgehead atoms. The van der Waals surface area contributed by atoms with Gasteiger partial charge in [-0.15, -0.1) is 6.58 Å². The fraction of sp³-hybridized carbons (Fsp3) is 0.385. The molecule has 0 aliphatic carbocycles. The number of hydrogen-bond donors (Lipinski definition) is 0. The summed E-state index contributed by atoms with van der Waals surface area (Å²) in [5.74, 6) is 0.0571. The fourth-order valence-electron chi connectivity index (χ4n) is 1.28. The predicted octanol–water partition coefficient (Wildman–Crippen LogP) is 3.73. The average Bonchev–Trinajstić information content (AvgIpc) is 2.22. The Morgan fingerprint density at radius 3 is 2.87 bits per heavy atom. The molecule has 82 valence electrons. The van der Waals surface area contributed by atoms with Crippen LogP contribution in [0.1, 0.15) is 25.3 Å². The van der Waals surface area contributed by atoms with Crippen LogP contribution in [0, 0.1) is 5.82 Å². The Hall–Kier alpha value is -1.31. The van der Waals surface area contributed by atoms with Crippen LogP contribution in [0.5, 0.6) is 5.75 Å². The average molecular weight is 208 g/mol. The van der Waals surface area contributed by atoms with Crippen LogP contribution < -0.4 is 4.74 Å². The third-order valence-electron chi connectivity index (χ3n) is 2.13. The van der Waals surface area contributed by atoms with Gasteiger partial charge in [0, 0.05) is 0 Å². The number of rotatable bonds is 6. The molecule has 0 saturated heterocycles. The van der Waals surface area contributed by atoms with E-state index in [0.717, 1.165) is 18.4 Å². The molecule has 0 radical (unpaired) electrons. The Morgan fingerprint density at radius 2 is 2.27 bits per heavy atom. The van der Waals surface area contributed by atoms with Crippen molar-refractivity contribution in [3.05, 3.63) is 42.2 Å². The molecule has 0 N–H and O–H groups in total. The van der Waals surface area contributed by atoms with Crippen molar-refractivity contribution in [1.29, 1.82) is 0 Å². The van der Waals surface area contributed by atoms with Crippen molar-refractivity contribution >= 4 is 0 Å². The minimum atomic E-state index is -0.287. The quantitative estimate of drug-likeness (QED) is 0.511. The second-order valence-corrected chi connectivity index (χ2v) is 3.46. The van der Waals surface area contributed by atoms with Crippen molar-refractivity contribution in [2.45, 2.75) is 26.2 Å². The lowest BCUT2D eigenvalue weighted by Gasteiger charge is -2.07. The molecule has 0 spiro atoms. The van der Waals surface area contributed by atoms with Crippen LogP contribution in [0.4, 0.5) is 4.39 Å². The third kappa shape index (κ3) is 3.74. The van der Waals surface area contributed by atoms with Crippen LogP contribution in [-0.2, 0) is 6.42 Å². The molecule has 1 nitrogen and oxygen atoms in total. The third-order valence-corrected chi connectivity index (χ3v) is 2.13. The summed E-state index contributed by atoms with van der Waals surface area (Å²) in [5, 5.41) is 0. The molecule has 15 heavy (non-hydrogen) atoms. The highest BCUT2D eigenvalue weighted by Crippen LogP contribution is 2.19. The zero-order chi connectivity index (χ0) is 11.1. The Kier molecular flexibility index (Phi) is 4.88. The monoisotopic (exact) mass is 208 g/mol. The summed E-state index contributed by atoms with van der Waals surface area (Å²) in [7, 11) is 0. The molecule has 0 unspecified atom stereocenters. The maximum Gasteiger partial charge on any atom is 0.165 e. The summed E-state index contributed by atoms with van der Waals surface area (Å²) in [4.78, 5) is 0. The van der Waals surface area contributed by atoms with Gasteiger partial charge >= 0.3 is 0 Å². The van der Waals surface area contributed by atoms with Crippen molar-refractivity contribution in [3.63, 3.8) is 0 Å². The van der Waals surface area contributed by atoms with E-state index in [-0.39, 0.29) is 5.82 Å². The van der Waals surface area contributed by atoms with Crippen molar-refractivity contribution in [1.82, 2.24) is 0 Å². The maximum atomic E-state index is 13.4. The second kappa shape index (κ2) is 6.23. The summed E-state index contributed by atoms with van der Waals surface area (Å²) < 4.78 is 18.8. The van der Waals surface area contributed by atoms with E-state index < -0.39 is 0 Å². The molecular formula is C13H17FO. The van der Waals surface area contributed by atoms with E-state index in [4.69, 9.17) is 4.74 Å². The highest BCUT2D eigenvalue weighted by atomic mass is 19.1. The van der Waals surface area contributed by atoms with E-state index in [0.29, 0.717) is 18.8 Å². The molecule has 0 fully saturated rings. The molecule has 1 rings (SSSR count). The lowest BCUT2D eigenvalue weighted by molar-refractivity contribution is 0.294. The number of allylic oxidation sites excluding steroid dienone is 1. The van der Waals surface area contributed by atoms with E-state index in [1.54, 1.807) is 12.1 Å². The Labute approximate surface area is 90.6 Å². The van der Waals surface area contributed by atoms with Gasteiger partial charge in [0.25, 0.3) is 0 Å². The minimum Gasteiger partial charge on any atom is -0.491 e. The molecule has 1 aromatic carbocycles. The van der Waals surface area contributed by atoms with Crippen molar-refractivity contribution in [3.8, 4) is 5.75 Å². The first-order valence-electron chi connectivity index (χ1n) is 5.30. The molecule has 0 aliphatic heterocycles. The Morgan fingerprint density at radius 1 is 1.47 bits per heavy atom. The van der Waals surface area contributed by atoms with Gasteiger partial charge in [0.05, 0.1) is 6.61 Å². The van der Waals surface area contributed by atoms with E-state index >= 15 is 0 Å². The molecule has 0 amide bonds. The van der Waals surface area contributed by atoms with Gasteiger partial charge < -0.3 is 4.74 Å². The summed E-state index contributed by atoms with van der Waals surface area (Å²) in [6, 6.07) is 5.05. The van der Waals surface area contributed by atoms with Gasteiger partial charge in [-0.1, -0.05) is 25.5 Å². The van der Waals surface area contributed by atoms with Gasteiger partial charge in [-0.05, 0) is 30.5 Å². The highest BCUT2D eigenvalue weighted by molar-refractivity contribution is 5.30. The van der Waals surface area contributed by atoms with Gasteiger partial charge in [0.15, 0.2) is 11.6 Å². The minimum absolute atomic E-state index is 0.287. The van der Waals surface area contributed by atoms with Gasteiger partial charge in [-0.3, -0.25) is 0 Å². The van der Waals surface area contributed by atoms with Gasteiger partial charge in [-0.25, -0.2) is 4.39 Å². The molecule has 0 saturated carbocycles. The lowest BCUT2D eigenvalue weighted by atomic mass is 10.1. The van der Waals surface area contributed by atoms with Gasteiger partial charge in [0.1, 0.15) is 0 Å². The first kappa shape index (κ1) is 11.8. The van der Waals surface area contributed by atoms with Crippen molar-refractivity contribution in [2.75, 3.05) is 6.61 Å². The van der Waals surface area contributed by atoms with Crippen LogP contribution >= 0.6 is 0 Å². The summed E-state index contributed by atoms with van der Waals surface area (Å²) in [5.41, 5.74) is 0.922. The standard InChI is InChI=1S/C13H17FO/c1-3-5-9-15-13-8-7-11(6-4-2)10-12(13)14/h4,7-8,10H,2-3,5-6,9H2,1H3. The molecule has 2 heteroatoms. The van der Waals surface area contributed by atoms with Crippen molar-refractivity contribution < 1.29 is 9.13 Å². The van der Waals surface area contributed by atoms with Crippen LogP contribution in [0.3, 0.4) is 0 Å². The maximum absolute atomic E-state index is 13.4. The fourth-order valence-corrected chi connectivity index (χ4v) is 1.28. The highest BCUT2D eigenvalue weighted by Gasteiger charge is 2.03. The summed E-state index contributed by atoms with van der Waals surface area (Å²) in [6.07, 6.45) is 4.45. The molecular weight excluding hydrogens is 191 g/mol. The molecule has 0 atom stereocenters. The zero-order valence-corrected chi connectivity index (χ0v) is 9.13. The zero-order valence-electron chi connectivity index (χ0n) is 9.13. The van der Waals surface area contributed by atoms with Crippen LogP contribution in [-0.4, -0.2) is 6.61 Å². The Bertz CT molecular complexity index is 320. The molecule has 0 aliphatic rings. The van der Waals surface area contributed by atoms with E-state index in [1.807, 2.05) is 6.07 Å². The first-order valence-corrected chi connectivity index (χ1v) is 5.30. The Balaban J connectivity index is 2.61. The largest absolute Gasteiger partial charge is 0.491 e. The van der Waals surface area contributed by atoms with Gasteiger partial charge in [-0.2, -0.15) is 0 Å². The first-order chi connectivity index (χ1) is 7.27. The number of halogens is 1. The number of unbranched alkanes of at least 4 members (excludes halogenated alkanes) is 1. The van der Waals surface area contributed by atoms with Gasteiger partial charge in [0.2, 0.25) is 0 Å². The molecule has 0 heterocycles.